The zero-order valence-corrected chi connectivity index (χ0v) is 15.6. The molecule has 5 heterocycles. The van der Waals surface area contributed by atoms with Crippen LogP contribution in [0.4, 0.5) is 0 Å². The minimum absolute atomic E-state index is 0.689. The van der Waals surface area contributed by atoms with Crippen LogP contribution in [0.2, 0.25) is 0 Å². The zero-order chi connectivity index (χ0) is 19.9. The monoisotopic (exact) mass is 390 g/mol. The van der Waals surface area contributed by atoms with E-state index in [1.54, 1.807) is 24.8 Å². The summed E-state index contributed by atoms with van der Waals surface area (Å²) in [5, 5.41) is 8.46. The summed E-state index contributed by atoms with van der Waals surface area (Å²) in [6.07, 6.45) is 10.3. The number of para-hydroxylation sites is 1. The molecule has 6 rings (SSSR count). The van der Waals surface area contributed by atoms with Crippen molar-refractivity contribution in [3.63, 3.8) is 0 Å². The molecule has 0 radical (unpaired) electrons. The molecule has 8 heteroatoms. The lowest BCUT2D eigenvalue weighted by Gasteiger charge is -2.01. The molecule has 0 saturated heterocycles. The average Bonchev–Trinajstić information content (AvgIpc) is 3.43. The summed E-state index contributed by atoms with van der Waals surface area (Å²) in [6, 6.07) is 12.0. The average molecular weight is 390 g/mol. The maximum Gasteiger partial charge on any atom is 0.159 e. The van der Waals surface area contributed by atoms with Gasteiger partial charge in [0.1, 0.15) is 12.0 Å². The van der Waals surface area contributed by atoms with E-state index in [2.05, 4.69) is 35.1 Å². The van der Waals surface area contributed by atoms with E-state index in [1.807, 2.05) is 42.6 Å². The molecule has 0 aliphatic heterocycles. The third kappa shape index (κ3) is 2.62. The number of aromatic amines is 2. The Hall–Kier alpha value is -4.46. The summed E-state index contributed by atoms with van der Waals surface area (Å²) < 4.78 is 0. The number of nitrogens with zero attached hydrogens (tertiary/aromatic N) is 6. The van der Waals surface area contributed by atoms with E-state index >= 15 is 0 Å². The van der Waals surface area contributed by atoms with Crippen LogP contribution in [-0.2, 0) is 0 Å². The van der Waals surface area contributed by atoms with Gasteiger partial charge in [-0.25, -0.2) is 15.0 Å². The number of hydrogen-bond donors (Lipinski definition) is 2. The molecule has 6 aromatic rings. The fourth-order valence-corrected chi connectivity index (χ4v) is 3.59. The molecule has 0 bridgehead atoms. The van der Waals surface area contributed by atoms with E-state index in [1.165, 1.54) is 6.33 Å². The van der Waals surface area contributed by atoms with Crippen LogP contribution in [0.1, 0.15) is 0 Å². The van der Waals surface area contributed by atoms with Gasteiger partial charge in [-0.15, -0.1) is 0 Å². The van der Waals surface area contributed by atoms with E-state index in [0.717, 1.165) is 50.0 Å². The van der Waals surface area contributed by atoms with Crippen molar-refractivity contribution in [3.05, 3.63) is 73.7 Å². The Bertz CT molecular complexity index is 1490. The molecule has 5 aromatic heterocycles. The molecular weight excluding hydrogens is 376 g/mol. The summed E-state index contributed by atoms with van der Waals surface area (Å²) in [6.45, 7) is 0. The van der Waals surface area contributed by atoms with Crippen LogP contribution >= 0.6 is 0 Å². The molecule has 2 N–H and O–H groups in total. The fourth-order valence-electron chi connectivity index (χ4n) is 3.59. The molecule has 30 heavy (non-hydrogen) atoms. The number of H-pyrrole nitrogens is 2. The first-order valence-electron chi connectivity index (χ1n) is 9.36. The number of fused-ring (bicyclic) bond motifs is 2. The second-order valence-corrected chi connectivity index (χ2v) is 6.84. The Kier molecular flexibility index (Phi) is 3.60. The molecule has 0 aliphatic rings. The minimum atomic E-state index is 0.689. The van der Waals surface area contributed by atoms with E-state index in [-0.39, 0.29) is 0 Å². The van der Waals surface area contributed by atoms with Crippen LogP contribution in [0.25, 0.3) is 55.8 Å². The lowest BCUT2D eigenvalue weighted by molar-refractivity contribution is 1.10. The zero-order valence-electron chi connectivity index (χ0n) is 15.6. The summed E-state index contributed by atoms with van der Waals surface area (Å²) in [5.74, 6) is 0.689. The normalized spacial score (nSPS) is 11.3. The molecule has 142 valence electrons. The SMILES string of the molecule is c1cncc(-c2cccc3[nH]c(-c4n[nH]c5cnc(-c6cncnc6)cc45)nc23)c1. The van der Waals surface area contributed by atoms with Crippen molar-refractivity contribution in [1.82, 2.24) is 40.1 Å². The van der Waals surface area contributed by atoms with Crippen LogP contribution < -0.4 is 0 Å². The predicted molar refractivity (Wildman–Crippen MR) is 113 cm³/mol. The highest BCUT2D eigenvalue weighted by atomic mass is 15.1. The van der Waals surface area contributed by atoms with Crippen molar-refractivity contribution in [2.24, 2.45) is 0 Å². The lowest BCUT2D eigenvalue weighted by Crippen LogP contribution is -1.87. The molecule has 0 unspecified atom stereocenters. The predicted octanol–water partition coefficient (Wildman–Crippen LogP) is 4.02. The summed E-state index contributed by atoms with van der Waals surface area (Å²) >= 11 is 0. The largest absolute Gasteiger partial charge is 0.337 e. The molecule has 0 amide bonds. The van der Waals surface area contributed by atoms with E-state index in [0.29, 0.717) is 5.82 Å². The van der Waals surface area contributed by atoms with Crippen molar-refractivity contribution in [1.29, 1.82) is 0 Å². The summed E-state index contributed by atoms with van der Waals surface area (Å²) in [4.78, 5) is 25.2. The van der Waals surface area contributed by atoms with Gasteiger partial charge >= 0.3 is 0 Å². The summed E-state index contributed by atoms with van der Waals surface area (Å²) in [7, 11) is 0. The van der Waals surface area contributed by atoms with Gasteiger partial charge in [0.05, 0.1) is 28.4 Å². The quantitative estimate of drug-likeness (QED) is 0.472. The van der Waals surface area contributed by atoms with Crippen LogP contribution in [-0.4, -0.2) is 40.1 Å². The van der Waals surface area contributed by atoms with Crippen LogP contribution in [0, 0.1) is 0 Å². The Morgan fingerprint density at radius 3 is 2.57 bits per heavy atom. The van der Waals surface area contributed by atoms with Gasteiger partial charge < -0.3 is 4.98 Å². The van der Waals surface area contributed by atoms with Gasteiger partial charge in [0, 0.05) is 46.9 Å². The molecule has 0 saturated carbocycles. The van der Waals surface area contributed by atoms with E-state index < -0.39 is 0 Å². The van der Waals surface area contributed by atoms with Gasteiger partial charge in [-0.05, 0) is 18.2 Å². The minimum Gasteiger partial charge on any atom is -0.337 e. The maximum atomic E-state index is 4.87. The number of pyridine rings is 2. The lowest BCUT2D eigenvalue weighted by atomic mass is 10.1. The molecule has 1 aromatic carbocycles. The third-order valence-corrected chi connectivity index (χ3v) is 5.01. The Labute approximate surface area is 170 Å². The smallest absolute Gasteiger partial charge is 0.159 e. The number of nitrogens with one attached hydrogen (secondary N) is 2. The molecular formula is C22H14N8. The van der Waals surface area contributed by atoms with Crippen LogP contribution in [0.3, 0.4) is 0 Å². The van der Waals surface area contributed by atoms with Gasteiger partial charge in [0.2, 0.25) is 0 Å². The first kappa shape index (κ1) is 16.5. The Balaban J connectivity index is 1.52. The number of aromatic nitrogens is 8. The highest BCUT2D eigenvalue weighted by molar-refractivity contribution is 5.97. The molecule has 8 nitrogen and oxygen atoms in total. The number of hydrogen-bond acceptors (Lipinski definition) is 6. The number of benzene rings is 1. The van der Waals surface area contributed by atoms with Gasteiger partial charge in [-0.2, -0.15) is 5.10 Å². The Morgan fingerprint density at radius 1 is 0.800 bits per heavy atom. The van der Waals surface area contributed by atoms with Crippen LogP contribution in [0.15, 0.2) is 73.7 Å². The molecule has 0 aliphatic carbocycles. The topological polar surface area (TPSA) is 109 Å². The third-order valence-electron chi connectivity index (χ3n) is 5.01. The number of rotatable bonds is 3. The maximum absolute atomic E-state index is 4.87. The second kappa shape index (κ2) is 6.56. The standard InChI is InChI=1S/C22H14N8/c1-4-15(13-3-2-6-23-8-13)20-17(5-1)27-22(28-20)21-16-7-18(14-9-24-12-25-10-14)26-11-19(16)29-30-21/h1-12H,(H,27,28)(H,29,30). The van der Waals surface area contributed by atoms with Gasteiger partial charge in [-0.3, -0.25) is 15.1 Å². The van der Waals surface area contributed by atoms with Crippen molar-refractivity contribution in [3.8, 4) is 33.9 Å². The van der Waals surface area contributed by atoms with Crippen molar-refractivity contribution >= 4 is 21.9 Å². The molecule has 0 fully saturated rings. The number of imidazole rings is 1. The van der Waals surface area contributed by atoms with Crippen molar-refractivity contribution in [2.45, 2.75) is 0 Å². The summed E-state index contributed by atoms with van der Waals surface area (Å²) in [5.41, 5.74) is 7.04. The highest BCUT2D eigenvalue weighted by Gasteiger charge is 2.16. The van der Waals surface area contributed by atoms with Crippen molar-refractivity contribution in [2.75, 3.05) is 0 Å². The second-order valence-electron chi connectivity index (χ2n) is 6.84. The highest BCUT2D eigenvalue weighted by Crippen LogP contribution is 2.32. The van der Waals surface area contributed by atoms with Gasteiger partial charge in [0.25, 0.3) is 0 Å². The van der Waals surface area contributed by atoms with Crippen LogP contribution in [0.5, 0.6) is 0 Å². The van der Waals surface area contributed by atoms with E-state index in [9.17, 15) is 0 Å². The van der Waals surface area contributed by atoms with E-state index in [4.69, 9.17) is 4.98 Å². The first-order chi connectivity index (χ1) is 14.9. The fraction of sp³-hybridized carbons (Fsp3) is 0. The molecule has 0 spiro atoms. The first-order valence-corrected chi connectivity index (χ1v) is 9.36. The van der Waals surface area contributed by atoms with Gasteiger partial charge in [0.15, 0.2) is 5.82 Å². The van der Waals surface area contributed by atoms with Crippen molar-refractivity contribution < 1.29 is 0 Å². The Morgan fingerprint density at radius 2 is 1.70 bits per heavy atom. The molecule has 0 atom stereocenters. The van der Waals surface area contributed by atoms with Gasteiger partial charge in [-0.1, -0.05) is 18.2 Å².